The first-order chi connectivity index (χ1) is 20.5. The lowest BCUT2D eigenvalue weighted by Gasteiger charge is -2.45. The number of nitrogens with zero attached hydrogens (tertiary/aromatic N) is 1. The van der Waals surface area contributed by atoms with E-state index >= 15 is 0 Å². The third-order valence-corrected chi connectivity index (χ3v) is 13.0. The van der Waals surface area contributed by atoms with E-state index in [2.05, 4.69) is 25.1 Å². The number of hydrogen-bond acceptors (Lipinski definition) is 4. The van der Waals surface area contributed by atoms with Crippen LogP contribution in [0.1, 0.15) is 73.3 Å². The highest BCUT2D eigenvalue weighted by Crippen LogP contribution is 2.54. The van der Waals surface area contributed by atoms with Crippen molar-refractivity contribution in [3.05, 3.63) is 100 Å². The summed E-state index contributed by atoms with van der Waals surface area (Å²) in [5.74, 6) is -1.87. The van der Waals surface area contributed by atoms with Crippen LogP contribution in [0.15, 0.2) is 71.6 Å². The van der Waals surface area contributed by atoms with E-state index in [1.165, 1.54) is 35.4 Å². The molecule has 1 amide bonds. The smallest absolute Gasteiger partial charge is 0.306 e. The van der Waals surface area contributed by atoms with Crippen molar-refractivity contribution < 1.29 is 27.5 Å². The average Bonchev–Trinajstić information content (AvgIpc) is 3.40. The summed E-state index contributed by atoms with van der Waals surface area (Å²) in [7, 11) is -4.04. The second-order valence-corrected chi connectivity index (χ2v) is 15.1. The maximum Gasteiger partial charge on any atom is 0.306 e. The Morgan fingerprint density at radius 1 is 0.977 bits per heavy atom. The van der Waals surface area contributed by atoms with Gasteiger partial charge in [-0.1, -0.05) is 49.4 Å². The van der Waals surface area contributed by atoms with Crippen LogP contribution < -0.4 is 0 Å². The fourth-order valence-electron chi connectivity index (χ4n) is 7.85. The fraction of sp³-hybridized carbons (Fsp3) is 0.429. The average molecular weight is 604 g/mol. The molecule has 3 aromatic rings. The minimum Gasteiger partial charge on any atom is -0.481 e. The zero-order chi connectivity index (χ0) is 30.6. The van der Waals surface area contributed by atoms with Crippen molar-refractivity contribution in [2.24, 2.45) is 11.3 Å². The molecule has 0 aromatic heterocycles. The Balaban J connectivity index is 1.40. The van der Waals surface area contributed by atoms with E-state index in [9.17, 15) is 27.5 Å². The van der Waals surface area contributed by atoms with Crippen LogP contribution in [-0.4, -0.2) is 42.9 Å². The quantitative estimate of drug-likeness (QED) is 0.338. The van der Waals surface area contributed by atoms with Gasteiger partial charge in [-0.25, -0.2) is 12.8 Å². The van der Waals surface area contributed by atoms with Gasteiger partial charge in [-0.15, -0.1) is 0 Å². The van der Waals surface area contributed by atoms with E-state index in [4.69, 9.17) is 0 Å². The number of carbonyl (C=O) groups is 2. The molecule has 0 radical (unpaired) electrons. The Morgan fingerprint density at radius 3 is 2.35 bits per heavy atom. The lowest BCUT2D eigenvalue weighted by molar-refractivity contribution is -0.150. The summed E-state index contributed by atoms with van der Waals surface area (Å²) in [5, 5.41) is 9.48. The summed E-state index contributed by atoms with van der Waals surface area (Å²) in [5.41, 5.74) is 4.50. The second-order valence-electron chi connectivity index (χ2n) is 12.9. The highest BCUT2D eigenvalue weighted by Gasteiger charge is 2.62. The van der Waals surface area contributed by atoms with Gasteiger partial charge in [0, 0.05) is 12.0 Å². The van der Waals surface area contributed by atoms with Crippen LogP contribution in [0.2, 0.25) is 0 Å². The first-order valence-corrected chi connectivity index (χ1v) is 16.7. The van der Waals surface area contributed by atoms with Crippen molar-refractivity contribution in [3.8, 4) is 0 Å². The van der Waals surface area contributed by atoms with Crippen molar-refractivity contribution in [3.63, 3.8) is 0 Å². The molecule has 1 heterocycles. The summed E-state index contributed by atoms with van der Waals surface area (Å²) in [6.07, 6.45) is 3.92. The molecule has 0 unspecified atom stereocenters. The molecular weight excluding hydrogens is 565 g/mol. The van der Waals surface area contributed by atoms with Crippen LogP contribution in [0.4, 0.5) is 4.39 Å². The third kappa shape index (κ3) is 4.88. The molecule has 8 heteroatoms. The van der Waals surface area contributed by atoms with Crippen molar-refractivity contribution >= 4 is 21.7 Å². The number of aryl methyl sites for hydroxylation is 2. The van der Waals surface area contributed by atoms with Crippen LogP contribution in [0.5, 0.6) is 0 Å². The molecule has 43 heavy (non-hydrogen) atoms. The second kappa shape index (κ2) is 10.9. The highest BCUT2D eigenvalue weighted by atomic mass is 32.2. The number of likely N-dealkylation sites (tertiary alicyclic amines) is 1. The van der Waals surface area contributed by atoms with Gasteiger partial charge in [0.25, 0.3) is 0 Å². The minimum atomic E-state index is -4.04. The number of rotatable bonds is 6. The van der Waals surface area contributed by atoms with Crippen molar-refractivity contribution in [2.75, 3.05) is 6.54 Å². The van der Waals surface area contributed by atoms with Crippen molar-refractivity contribution in [1.29, 1.82) is 0 Å². The van der Waals surface area contributed by atoms with Crippen LogP contribution in [0.3, 0.4) is 0 Å². The molecule has 1 N–H and O–H groups in total. The zero-order valence-corrected chi connectivity index (χ0v) is 25.5. The van der Waals surface area contributed by atoms with Gasteiger partial charge in [-0.05, 0) is 110 Å². The van der Waals surface area contributed by atoms with Crippen LogP contribution in [0.25, 0.3) is 0 Å². The Morgan fingerprint density at radius 2 is 1.67 bits per heavy atom. The molecule has 3 aliphatic rings. The molecule has 1 aliphatic heterocycles. The van der Waals surface area contributed by atoms with E-state index in [-0.39, 0.29) is 17.2 Å². The van der Waals surface area contributed by atoms with Gasteiger partial charge in [0.15, 0.2) is 9.84 Å². The number of carboxylic acid groups (broad SMARTS) is 1. The monoisotopic (exact) mass is 603 g/mol. The van der Waals surface area contributed by atoms with Gasteiger partial charge in [0.2, 0.25) is 5.91 Å². The van der Waals surface area contributed by atoms with Crippen molar-refractivity contribution in [2.45, 2.75) is 80.9 Å². The largest absolute Gasteiger partial charge is 0.481 e. The Labute approximate surface area is 252 Å². The number of hydrogen-bond donors (Lipinski definition) is 1. The highest BCUT2D eigenvalue weighted by molar-refractivity contribution is 7.92. The molecule has 6 rings (SSSR count). The molecule has 2 aliphatic carbocycles. The van der Waals surface area contributed by atoms with E-state index in [0.29, 0.717) is 45.1 Å². The minimum absolute atomic E-state index is 0.0539. The molecule has 2 atom stereocenters. The maximum atomic E-state index is 14.7. The molecule has 0 spiro atoms. The Bertz CT molecular complexity index is 1680. The van der Waals surface area contributed by atoms with Crippen molar-refractivity contribution in [1.82, 2.24) is 4.90 Å². The molecule has 226 valence electrons. The molecule has 1 saturated heterocycles. The number of sulfone groups is 1. The van der Waals surface area contributed by atoms with Gasteiger partial charge in [-0.2, -0.15) is 0 Å². The van der Waals surface area contributed by atoms with Gasteiger partial charge in [-0.3, -0.25) is 9.59 Å². The SMILES string of the molecule is Cc1ccccc1Cc1ccc2c(c1)CC[C@H]1N(C(=O)C3(C)CCC(C(=O)O)CC3)CC[C@@]21S(=O)(=O)c1ccc(F)cc1. The number of carbonyl (C=O) groups excluding carboxylic acids is 1. The predicted molar refractivity (Wildman–Crippen MR) is 162 cm³/mol. The van der Waals surface area contributed by atoms with E-state index in [1.807, 2.05) is 31.2 Å². The molecule has 2 fully saturated rings. The molecule has 1 saturated carbocycles. The number of fused-ring (bicyclic) bond motifs is 3. The summed E-state index contributed by atoms with van der Waals surface area (Å²) >= 11 is 0. The summed E-state index contributed by atoms with van der Waals surface area (Å²) in [6.45, 7) is 4.28. The summed E-state index contributed by atoms with van der Waals surface area (Å²) in [6, 6.07) is 18.7. The van der Waals surface area contributed by atoms with Gasteiger partial charge in [0.05, 0.1) is 16.9 Å². The first-order valence-electron chi connectivity index (χ1n) is 15.2. The summed E-state index contributed by atoms with van der Waals surface area (Å²) < 4.78 is 41.9. The standard InChI is InChI=1S/C35H38FNO5S/c1-23-5-3-4-6-26(23)21-24-7-13-30-27(22-24)8-14-31-35(30,43(41,42)29-11-9-28(36)10-12-29)19-20-37(31)33(40)34(2)17-15-25(16-18-34)32(38)39/h3-7,9-13,22,25,31H,8,14-21H2,1-2H3,(H,38,39)/t25?,31-,34?,35-/m1/s1. The van der Waals surface area contributed by atoms with Crippen LogP contribution >= 0.6 is 0 Å². The van der Waals surface area contributed by atoms with E-state index in [0.717, 1.165) is 23.1 Å². The van der Waals surface area contributed by atoms with Crippen LogP contribution in [-0.2, 0) is 37.0 Å². The number of amides is 1. The lowest BCUT2D eigenvalue weighted by atomic mass is 9.70. The number of benzene rings is 3. The first kappa shape index (κ1) is 29.5. The van der Waals surface area contributed by atoms with E-state index < -0.39 is 43.7 Å². The Kier molecular flexibility index (Phi) is 7.48. The predicted octanol–water partition coefficient (Wildman–Crippen LogP) is 6.22. The Hall–Kier alpha value is -3.52. The van der Waals surface area contributed by atoms with Gasteiger partial charge >= 0.3 is 5.97 Å². The summed E-state index contributed by atoms with van der Waals surface area (Å²) in [4.78, 5) is 27.6. The normalized spacial score (nSPS) is 26.9. The molecule has 6 nitrogen and oxygen atoms in total. The number of aliphatic carboxylic acids is 1. The molecule has 3 aromatic carbocycles. The van der Waals surface area contributed by atoms with E-state index in [1.54, 1.807) is 4.90 Å². The molecular formula is C35H38FNO5S. The third-order valence-electron chi connectivity index (χ3n) is 10.4. The number of halogens is 1. The topological polar surface area (TPSA) is 91.8 Å². The number of carboxylic acids is 1. The molecule has 0 bridgehead atoms. The lowest BCUT2D eigenvalue weighted by Crippen LogP contribution is -2.55. The van der Waals surface area contributed by atoms with Crippen LogP contribution in [0, 0.1) is 24.1 Å². The van der Waals surface area contributed by atoms with Gasteiger partial charge in [0.1, 0.15) is 10.6 Å². The zero-order valence-electron chi connectivity index (χ0n) is 24.7. The fourth-order valence-corrected chi connectivity index (χ4v) is 10.2. The maximum absolute atomic E-state index is 14.7. The van der Waals surface area contributed by atoms with Gasteiger partial charge < -0.3 is 10.0 Å².